The van der Waals surface area contributed by atoms with Gasteiger partial charge in [-0.15, -0.1) is 0 Å². The molecule has 66 valence electrons. The van der Waals surface area contributed by atoms with E-state index in [1.807, 2.05) is 0 Å². The minimum absolute atomic E-state index is 0. The molecule has 0 aromatic heterocycles. The molecule has 0 heterocycles. The van der Waals surface area contributed by atoms with Crippen LogP contribution in [0.15, 0.2) is 0 Å². The zero-order valence-electron chi connectivity index (χ0n) is 6.03. The number of carboxylic acids is 1. The van der Waals surface area contributed by atoms with Gasteiger partial charge in [0.2, 0.25) is 0 Å². The fourth-order valence-electron chi connectivity index (χ4n) is 0. The number of hydrogen-bond acceptors (Lipinski definition) is 3. The molecule has 0 radical (unpaired) electrons. The fourth-order valence-corrected chi connectivity index (χ4v) is 0. The van der Waals surface area contributed by atoms with Gasteiger partial charge in [0.05, 0.1) is 11.4 Å². The van der Waals surface area contributed by atoms with Crippen molar-refractivity contribution in [2.24, 2.45) is 0 Å². The Morgan fingerprint density at radius 2 is 1.45 bits per heavy atom. The number of rotatable bonds is 0. The van der Waals surface area contributed by atoms with E-state index in [0.29, 0.717) is 0 Å². The number of carbonyl (C=O) groups is 1. The normalized spacial score (nSPS) is 7.91. The van der Waals surface area contributed by atoms with Gasteiger partial charge in [-0.25, -0.2) is 4.21 Å². The van der Waals surface area contributed by atoms with Gasteiger partial charge in [-0.05, 0) is 0 Å². The average molecular weight is 200 g/mol. The van der Waals surface area contributed by atoms with Gasteiger partial charge in [0.1, 0.15) is 0 Å². The van der Waals surface area contributed by atoms with Crippen molar-refractivity contribution >= 4 is 17.3 Å². The molecule has 0 spiro atoms. The summed E-state index contributed by atoms with van der Waals surface area (Å²) in [6.07, 6.45) is 0. The van der Waals surface area contributed by atoms with Crippen LogP contribution in [0.25, 0.3) is 0 Å². The van der Waals surface area contributed by atoms with E-state index in [1.54, 1.807) is 0 Å². The largest absolute Gasteiger partial charge is 1.00 e. The molecular formula is C2H9NaO7S. The molecule has 0 aliphatic rings. The summed E-state index contributed by atoms with van der Waals surface area (Å²) in [5.74, 6) is -0.833. The van der Waals surface area contributed by atoms with E-state index in [1.165, 1.54) is 0 Å². The summed E-state index contributed by atoms with van der Waals surface area (Å²) < 4.78 is 24.1. The molecule has 0 saturated carbocycles. The third kappa shape index (κ3) is 3540. The first-order valence-corrected chi connectivity index (χ1v) is 2.48. The van der Waals surface area contributed by atoms with Crippen LogP contribution < -0.4 is 29.6 Å². The summed E-state index contributed by atoms with van der Waals surface area (Å²) in [7, 11) is 0. The Morgan fingerprint density at radius 1 is 1.45 bits per heavy atom. The predicted molar refractivity (Wildman–Crippen MR) is 32.1 cm³/mol. The van der Waals surface area contributed by atoms with Crippen molar-refractivity contribution in [3.05, 3.63) is 0 Å². The van der Waals surface area contributed by atoms with Crippen molar-refractivity contribution in [1.82, 2.24) is 0 Å². The molecule has 9 heteroatoms. The first kappa shape index (κ1) is 30.0. The van der Waals surface area contributed by atoms with Crippen LogP contribution in [0, 0.1) is 0 Å². The topological polar surface area (TPSA) is 161 Å². The second-order valence-corrected chi connectivity index (χ2v) is 1.17. The molecule has 6 N–H and O–H groups in total. The number of aliphatic carboxylic acids is 1. The van der Waals surface area contributed by atoms with E-state index < -0.39 is 17.3 Å². The smallest absolute Gasteiger partial charge is 0.750 e. The molecule has 0 saturated heterocycles. The SMILES string of the molecule is CC(=O)O.O.O.O=S([O-])O.[Na+]. The van der Waals surface area contributed by atoms with Gasteiger partial charge in [0.15, 0.2) is 0 Å². The van der Waals surface area contributed by atoms with Crippen molar-refractivity contribution in [3.63, 3.8) is 0 Å². The van der Waals surface area contributed by atoms with Crippen molar-refractivity contribution in [2.75, 3.05) is 0 Å². The van der Waals surface area contributed by atoms with E-state index in [2.05, 4.69) is 0 Å². The van der Waals surface area contributed by atoms with Gasteiger partial charge in [-0.2, -0.15) is 0 Å². The van der Waals surface area contributed by atoms with Crippen LogP contribution in [-0.4, -0.2) is 35.3 Å². The van der Waals surface area contributed by atoms with Crippen LogP contribution in [0.3, 0.4) is 0 Å². The summed E-state index contributed by atoms with van der Waals surface area (Å²) in [4.78, 5) is 9.00. The summed E-state index contributed by atoms with van der Waals surface area (Å²) in [5.41, 5.74) is 0. The number of hydrogen-bond donors (Lipinski definition) is 2. The zero-order valence-corrected chi connectivity index (χ0v) is 8.84. The molecule has 0 aliphatic heterocycles. The molecule has 0 aliphatic carbocycles. The third-order valence-electron chi connectivity index (χ3n) is 0. The van der Waals surface area contributed by atoms with E-state index >= 15 is 0 Å². The number of carboxylic acid groups (broad SMARTS) is 1. The molecular weight excluding hydrogens is 191 g/mol. The minimum atomic E-state index is -2.86. The standard InChI is InChI=1S/C2H4O2.Na.H2O3S.2H2O/c1-2(3)4;;1-4(2)3;;/h1H3,(H,3,4);;(H2,1,2,3);2*1H2/q;+1;;;/p-1. The quantitative estimate of drug-likeness (QED) is 0.294. The fraction of sp³-hybridized carbons (Fsp3) is 0.500. The van der Waals surface area contributed by atoms with E-state index in [4.69, 9.17) is 23.2 Å². The summed E-state index contributed by atoms with van der Waals surface area (Å²) in [6, 6.07) is 0. The Kier molecular flexibility index (Phi) is 61.3. The van der Waals surface area contributed by atoms with Crippen molar-refractivity contribution in [1.29, 1.82) is 0 Å². The van der Waals surface area contributed by atoms with Crippen LogP contribution in [0.5, 0.6) is 0 Å². The van der Waals surface area contributed by atoms with Crippen molar-refractivity contribution < 1.29 is 63.7 Å². The average Bonchev–Trinajstić information content (AvgIpc) is 1.25. The maximum absolute atomic E-state index is 9.00. The van der Waals surface area contributed by atoms with Crippen molar-refractivity contribution in [2.45, 2.75) is 6.92 Å². The summed E-state index contributed by atoms with van der Waals surface area (Å²) in [5, 5.41) is 7.42. The van der Waals surface area contributed by atoms with Crippen LogP contribution in [0.4, 0.5) is 0 Å². The first-order chi connectivity index (χ1) is 3.46. The second kappa shape index (κ2) is 22.4. The maximum atomic E-state index is 9.00. The molecule has 0 fully saturated rings. The zero-order chi connectivity index (χ0) is 7.15. The van der Waals surface area contributed by atoms with Crippen molar-refractivity contribution in [3.8, 4) is 0 Å². The first-order valence-electron chi connectivity index (χ1n) is 1.44. The Hall–Kier alpha value is 0.460. The molecule has 0 rings (SSSR count). The summed E-state index contributed by atoms with van der Waals surface area (Å²) in [6.45, 7) is 1.08. The van der Waals surface area contributed by atoms with Gasteiger partial charge in [-0.1, -0.05) is 0 Å². The molecule has 7 nitrogen and oxygen atoms in total. The Bertz CT molecular complexity index is 74.4. The Balaban J connectivity index is -0.0000000171. The molecule has 0 amide bonds. The van der Waals surface area contributed by atoms with E-state index in [9.17, 15) is 0 Å². The van der Waals surface area contributed by atoms with Gasteiger partial charge < -0.3 is 25.2 Å². The predicted octanol–water partition coefficient (Wildman–Crippen LogP) is -5.22. The van der Waals surface area contributed by atoms with Crippen LogP contribution in [-0.2, 0) is 16.2 Å². The second-order valence-electron chi connectivity index (χ2n) is 0.736. The molecule has 1 atom stereocenters. The van der Waals surface area contributed by atoms with Crippen LogP contribution in [0.1, 0.15) is 6.92 Å². The maximum Gasteiger partial charge on any atom is 1.00 e. The van der Waals surface area contributed by atoms with Gasteiger partial charge in [-0.3, -0.25) is 4.79 Å². The molecule has 1 unspecified atom stereocenters. The monoisotopic (exact) mass is 200 g/mol. The van der Waals surface area contributed by atoms with Crippen LogP contribution in [0.2, 0.25) is 0 Å². The van der Waals surface area contributed by atoms with Crippen LogP contribution >= 0.6 is 0 Å². The third-order valence-corrected chi connectivity index (χ3v) is 0. The van der Waals surface area contributed by atoms with E-state index in [0.717, 1.165) is 6.92 Å². The molecule has 0 aromatic rings. The Morgan fingerprint density at radius 3 is 1.45 bits per heavy atom. The molecule has 0 aromatic carbocycles. The Labute approximate surface area is 87.8 Å². The molecule has 11 heavy (non-hydrogen) atoms. The van der Waals surface area contributed by atoms with Gasteiger partial charge >= 0.3 is 29.6 Å². The van der Waals surface area contributed by atoms with E-state index in [-0.39, 0.29) is 40.5 Å². The minimum Gasteiger partial charge on any atom is -0.750 e. The molecule has 0 bridgehead atoms. The van der Waals surface area contributed by atoms with Gasteiger partial charge in [0.25, 0.3) is 5.97 Å². The van der Waals surface area contributed by atoms with Gasteiger partial charge in [0, 0.05) is 6.92 Å². The summed E-state index contributed by atoms with van der Waals surface area (Å²) >= 11 is -2.86.